The summed E-state index contributed by atoms with van der Waals surface area (Å²) in [6.07, 6.45) is 12.5. The molecule has 0 bridgehead atoms. The van der Waals surface area contributed by atoms with Crippen LogP contribution in [0.5, 0.6) is 0 Å². The molecule has 0 saturated heterocycles. The fraction of sp³-hybridized carbons (Fsp3) is 0.739. The van der Waals surface area contributed by atoms with E-state index in [1.807, 2.05) is 13.8 Å². The Balaban J connectivity index is 1.73. The largest absolute Gasteiger partial charge is 0.462 e. The Morgan fingerprint density at radius 1 is 1.00 bits per heavy atom. The van der Waals surface area contributed by atoms with Crippen LogP contribution >= 0.6 is 11.3 Å². The molecule has 2 aliphatic rings. The van der Waals surface area contributed by atoms with Gasteiger partial charge in [0.25, 0.3) is 0 Å². The van der Waals surface area contributed by atoms with Crippen LogP contribution < -0.4 is 5.32 Å². The number of aryl methyl sites for hydroxylation is 1. The Morgan fingerprint density at radius 2 is 1.55 bits per heavy atom. The standard InChI is InChI=1S/C23H36N2O3S/c1-4-28-23(27)21-16(2)17(3)29-22(21)24-20(26)15-25(18-11-7-5-8-12-18)19-13-9-6-10-14-19/h18-19H,4-15H2,1-3H3,(H,24,26). The van der Waals surface area contributed by atoms with Crippen LogP contribution in [0.15, 0.2) is 0 Å². The average molecular weight is 421 g/mol. The number of carbonyl (C=O) groups excluding carboxylic acids is 2. The van der Waals surface area contributed by atoms with Gasteiger partial charge in [0.1, 0.15) is 5.00 Å². The first-order valence-corrected chi connectivity index (χ1v) is 12.2. The summed E-state index contributed by atoms with van der Waals surface area (Å²) >= 11 is 1.47. The van der Waals surface area contributed by atoms with Crippen molar-refractivity contribution in [2.24, 2.45) is 0 Å². The minimum Gasteiger partial charge on any atom is -0.462 e. The molecule has 162 valence electrons. The van der Waals surface area contributed by atoms with E-state index in [1.165, 1.54) is 75.5 Å². The molecule has 0 aromatic carbocycles. The van der Waals surface area contributed by atoms with E-state index in [-0.39, 0.29) is 11.9 Å². The van der Waals surface area contributed by atoms with Crippen molar-refractivity contribution < 1.29 is 14.3 Å². The number of nitrogens with zero attached hydrogens (tertiary/aromatic N) is 1. The minimum absolute atomic E-state index is 0.00653. The molecule has 0 radical (unpaired) electrons. The van der Waals surface area contributed by atoms with Gasteiger partial charge in [0, 0.05) is 17.0 Å². The van der Waals surface area contributed by atoms with Crippen LogP contribution in [0.2, 0.25) is 0 Å². The molecule has 0 spiro atoms. The zero-order valence-corrected chi connectivity index (χ0v) is 19.0. The molecule has 0 aliphatic heterocycles. The van der Waals surface area contributed by atoms with E-state index in [9.17, 15) is 9.59 Å². The summed E-state index contributed by atoms with van der Waals surface area (Å²) in [5.74, 6) is -0.353. The second-order valence-corrected chi connectivity index (χ2v) is 9.74. The zero-order chi connectivity index (χ0) is 20.8. The van der Waals surface area contributed by atoms with Crippen LogP contribution in [-0.4, -0.2) is 42.0 Å². The summed E-state index contributed by atoms with van der Waals surface area (Å²) in [5, 5.41) is 3.69. The number of carbonyl (C=O) groups is 2. The Kier molecular flexibility index (Phi) is 8.13. The van der Waals surface area contributed by atoms with Crippen LogP contribution in [0.3, 0.4) is 0 Å². The van der Waals surface area contributed by atoms with Crippen LogP contribution in [0.1, 0.15) is 91.9 Å². The lowest BCUT2D eigenvalue weighted by Gasteiger charge is -2.41. The number of rotatable bonds is 7. The molecule has 2 aliphatic carbocycles. The number of esters is 1. The Hall–Kier alpha value is -1.40. The third-order valence-electron chi connectivity index (χ3n) is 6.53. The minimum atomic E-state index is -0.346. The van der Waals surface area contributed by atoms with Gasteiger partial charge < -0.3 is 10.1 Å². The highest BCUT2D eigenvalue weighted by Gasteiger charge is 2.31. The summed E-state index contributed by atoms with van der Waals surface area (Å²) in [4.78, 5) is 29.0. The van der Waals surface area contributed by atoms with Gasteiger partial charge in [-0.25, -0.2) is 4.79 Å². The van der Waals surface area contributed by atoms with E-state index in [0.717, 1.165) is 10.4 Å². The summed E-state index contributed by atoms with van der Waals surface area (Å²) in [5.41, 5.74) is 1.42. The molecule has 1 heterocycles. The maximum atomic E-state index is 13.1. The van der Waals surface area contributed by atoms with E-state index >= 15 is 0 Å². The lowest BCUT2D eigenvalue weighted by atomic mass is 9.88. The summed E-state index contributed by atoms with van der Waals surface area (Å²) in [6.45, 7) is 6.46. The van der Waals surface area contributed by atoms with Crippen molar-refractivity contribution in [3.8, 4) is 0 Å². The van der Waals surface area contributed by atoms with Gasteiger partial charge >= 0.3 is 5.97 Å². The van der Waals surface area contributed by atoms with Crippen molar-refractivity contribution in [1.29, 1.82) is 0 Å². The van der Waals surface area contributed by atoms with Crippen molar-refractivity contribution in [1.82, 2.24) is 4.90 Å². The Bertz CT molecular complexity index is 685. The second-order valence-electron chi connectivity index (χ2n) is 8.51. The molecular weight excluding hydrogens is 384 g/mol. The fourth-order valence-corrected chi connectivity index (χ4v) is 5.94. The van der Waals surface area contributed by atoms with Gasteiger partial charge in [-0.3, -0.25) is 9.69 Å². The maximum absolute atomic E-state index is 13.1. The van der Waals surface area contributed by atoms with Crippen molar-refractivity contribution in [2.75, 3.05) is 18.5 Å². The molecule has 2 saturated carbocycles. The predicted octanol–water partition coefficient (Wildman–Crippen LogP) is 5.45. The lowest BCUT2D eigenvalue weighted by molar-refractivity contribution is -0.119. The molecule has 6 heteroatoms. The van der Waals surface area contributed by atoms with Gasteiger partial charge in [-0.15, -0.1) is 11.3 Å². The van der Waals surface area contributed by atoms with Crippen molar-refractivity contribution in [2.45, 2.75) is 97.1 Å². The topological polar surface area (TPSA) is 58.6 Å². The van der Waals surface area contributed by atoms with Crippen LogP contribution in [0, 0.1) is 13.8 Å². The molecule has 1 amide bonds. The SMILES string of the molecule is CCOC(=O)c1c(NC(=O)CN(C2CCCCC2)C2CCCCC2)sc(C)c1C. The third kappa shape index (κ3) is 5.60. The van der Waals surface area contributed by atoms with E-state index < -0.39 is 0 Å². The summed E-state index contributed by atoms with van der Waals surface area (Å²) < 4.78 is 5.22. The fourth-order valence-electron chi connectivity index (χ4n) is 4.88. The molecule has 1 aromatic rings. The number of amides is 1. The first-order chi connectivity index (χ1) is 14.0. The van der Waals surface area contributed by atoms with Crippen molar-refractivity contribution in [3.05, 3.63) is 16.0 Å². The molecule has 1 aromatic heterocycles. The van der Waals surface area contributed by atoms with Gasteiger partial charge in [0.2, 0.25) is 5.91 Å². The van der Waals surface area contributed by atoms with Crippen LogP contribution in [-0.2, 0) is 9.53 Å². The summed E-state index contributed by atoms with van der Waals surface area (Å²) in [7, 11) is 0. The lowest BCUT2D eigenvalue weighted by Crippen LogP contribution is -2.48. The number of ether oxygens (including phenoxy) is 1. The molecule has 0 unspecified atom stereocenters. The highest BCUT2D eigenvalue weighted by molar-refractivity contribution is 7.16. The molecule has 2 fully saturated rings. The van der Waals surface area contributed by atoms with Crippen LogP contribution in [0.4, 0.5) is 5.00 Å². The highest BCUT2D eigenvalue weighted by Crippen LogP contribution is 2.34. The number of hydrogen-bond acceptors (Lipinski definition) is 5. The van der Waals surface area contributed by atoms with Gasteiger partial charge in [0.15, 0.2) is 0 Å². The van der Waals surface area contributed by atoms with Crippen molar-refractivity contribution in [3.63, 3.8) is 0 Å². The first kappa shape index (κ1) is 22.3. The smallest absolute Gasteiger partial charge is 0.341 e. The quantitative estimate of drug-likeness (QED) is 0.596. The predicted molar refractivity (Wildman–Crippen MR) is 119 cm³/mol. The second kappa shape index (κ2) is 10.6. The van der Waals surface area contributed by atoms with E-state index in [0.29, 0.717) is 35.8 Å². The highest BCUT2D eigenvalue weighted by atomic mass is 32.1. The normalized spacial score (nSPS) is 18.8. The zero-order valence-electron chi connectivity index (χ0n) is 18.2. The summed E-state index contributed by atoms with van der Waals surface area (Å²) in [6, 6.07) is 1.04. The van der Waals surface area contributed by atoms with Gasteiger partial charge in [-0.2, -0.15) is 0 Å². The van der Waals surface area contributed by atoms with E-state index in [2.05, 4.69) is 10.2 Å². The third-order valence-corrected chi connectivity index (χ3v) is 7.65. The average Bonchev–Trinajstić information content (AvgIpc) is 3.00. The number of thiophene rings is 1. The number of nitrogens with one attached hydrogen (secondary N) is 1. The van der Waals surface area contributed by atoms with Crippen molar-refractivity contribution >= 4 is 28.2 Å². The molecule has 5 nitrogen and oxygen atoms in total. The number of hydrogen-bond donors (Lipinski definition) is 1. The molecule has 0 atom stereocenters. The maximum Gasteiger partial charge on any atom is 0.341 e. The van der Waals surface area contributed by atoms with E-state index in [4.69, 9.17) is 4.74 Å². The van der Waals surface area contributed by atoms with Gasteiger partial charge in [0.05, 0.1) is 18.7 Å². The molecule has 3 rings (SSSR count). The monoisotopic (exact) mass is 420 g/mol. The Labute approximate surface area is 179 Å². The molecule has 1 N–H and O–H groups in total. The van der Waals surface area contributed by atoms with Gasteiger partial charge in [-0.1, -0.05) is 38.5 Å². The first-order valence-electron chi connectivity index (χ1n) is 11.3. The Morgan fingerprint density at radius 3 is 2.07 bits per heavy atom. The molecular formula is C23H36N2O3S. The van der Waals surface area contributed by atoms with Gasteiger partial charge in [-0.05, 0) is 52.0 Å². The number of anilines is 1. The van der Waals surface area contributed by atoms with E-state index in [1.54, 1.807) is 6.92 Å². The molecule has 29 heavy (non-hydrogen) atoms. The van der Waals surface area contributed by atoms with Crippen LogP contribution in [0.25, 0.3) is 0 Å².